The molecule has 1 fully saturated rings. The number of aromatic nitrogens is 4. The number of rotatable bonds is 6. The van der Waals surface area contributed by atoms with Gasteiger partial charge in [0.15, 0.2) is 0 Å². The largest absolute Gasteiger partial charge is 0.447 e. The number of hydrogen-bond acceptors (Lipinski definition) is 7. The zero-order valence-corrected chi connectivity index (χ0v) is 17.2. The summed E-state index contributed by atoms with van der Waals surface area (Å²) in [5.41, 5.74) is 1.74. The third-order valence-electron chi connectivity index (χ3n) is 4.87. The molecular formula is C20H21ClN6O3. The number of nitrogens with one attached hydrogen (secondary N) is 1. The number of aliphatic hydroxyl groups is 1. The van der Waals surface area contributed by atoms with E-state index in [1.807, 2.05) is 42.0 Å². The standard InChI is InChI=1S/C20H21ClN6O3/c1-12(16-9-26(11-23-16)15-5-3-14(21)4-6-15)24-19-22-8-7-18(25-19)27-17(13(2)28)10-30-20(27)29/h3-9,11-13,17,28H,10H2,1-2H3,(H,22,24,25)/t12-,13+,17?/m0/s1. The summed E-state index contributed by atoms with van der Waals surface area (Å²) in [6.07, 6.45) is 3.89. The third-order valence-corrected chi connectivity index (χ3v) is 5.12. The van der Waals surface area contributed by atoms with Gasteiger partial charge in [-0.3, -0.25) is 4.90 Å². The Kier molecular flexibility index (Phi) is 5.56. The Labute approximate surface area is 178 Å². The monoisotopic (exact) mass is 428 g/mol. The minimum atomic E-state index is -0.751. The summed E-state index contributed by atoms with van der Waals surface area (Å²) in [4.78, 5) is 26.5. The van der Waals surface area contributed by atoms with Gasteiger partial charge in [-0.05, 0) is 44.2 Å². The summed E-state index contributed by atoms with van der Waals surface area (Å²) in [6, 6.07) is 8.38. The molecule has 156 valence electrons. The quantitative estimate of drug-likeness (QED) is 0.621. The third kappa shape index (κ3) is 4.07. The van der Waals surface area contributed by atoms with E-state index in [1.54, 1.807) is 25.5 Å². The van der Waals surface area contributed by atoms with Gasteiger partial charge in [0.25, 0.3) is 0 Å². The molecule has 9 nitrogen and oxygen atoms in total. The topological polar surface area (TPSA) is 105 Å². The van der Waals surface area contributed by atoms with Gasteiger partial charge in [0.1, 0.15) is 18.5 Å². The molecule has 0 radical (unpaired) electrons. The van der Waals surface area contributed by atoms with E-state index >= 15 is 0 Å². The fourth-order valence-electron chi connectivity index (χ4n) is 3.19. The predicted octanol–water partition coefficient (Wildman–Crippen LogP) is 3.19. The van der Waals surface area contributed by atoms with Crippen LogP contribution < -0.4 is 10.2 Å². The van der Waals surface area contributed by atoms with Gasteiger partial charge in [-0.25, -0.2) is 14.8 Å². The van der Waals surface area contributed by atoms with E-state index in [-0.39, 0.29) is 12.6 Å². The van der Waals surface area contributed by atoms with Crippen molar-refractivity contribution >= 4 is 29.5 Å². The van der Waals surface area contributed by atoms with Crippen LogP contribution in [-0.4, -0.2) is 49.5 Å². The molecule has 0 saturated carbocycles. The second-order valence-corrected chi connectivity index (χ2v) is 7.48. The highest BCUT2D eigenvalue weighted by molar-refractivity contribution is 6.30. The average molecular weight is 429 g/mol. The zero-order chi connectivity index (χ0) is 21.3. The summed E-state index contributed by atoms with van der Waals surface area (Å²) in [7, 11) is 0. The van der Waals surface area contributed by atoms with Crippen LogP contribution in [0, 0.1) is 0 Å². The fourth-order valence-corrected chi connectivity index (χ4v) is 3.32. The van der Waals surface area contributed by atoms with E-state index in [1.165, 1.54) is 4.90 Å². The highest BCUT2D eigenvalue weighted by Crippen LogP contribution is 2.25. The summed E-state index contributed by atoms with van der Waals surface area (Å²) < 4.78 is 6.96. The summed E-state index contributed by atoms with van der Waals surface area (Å²) >= 11 is 5.95. The molecule has 0 aliphatic carbocycles. The minimum absolute atomic E-state index is 0.113. The van der Waals surface area contributed by atoms with Crippen molar-refractivity contribution in [3.05, 3.63) is 59.8 Å². The molecule has 3 aromatic rings. The highest BCUT2D eigenvalue weighted by Gasteiger charge is 2.38. The smallest absolute Gasteiger partial charge is 0.416 e. The van der Waals surface area contributed by atoms with E-state index in [0.717, 1.165) is 11.4 Å². The highest BCUT2D eigenvalue weighted by atomic mass is 35.5. The van der Waals surface area contributed by atoms with Crippen molar-refractivity contribution in [2.75, 3.05) is 16.8 Å². The predicted molar refractivity (Wildman–Crippen MR) is 112 cm³/mol. The van der Waals surface area contributed by atoms with Crippen molar-refractivity contribution < 1.29 is 14.6 Å². The first-order valence-electron chi connectivity index (χ1n) is 9.46. The first kappa shape index (κ1) is 20.1. The lowest BCUT2D eigenvalue weighted by Gasteiger charge is -2.23. The van der Waals surface area contributed by atoms with Crippen molar-refractivity contribution in [2.45, 2.75) is 32.0 Å². The first-order chi connectivity index (χ1) is 14.4. The van der Waals surface area contributed by atoms with Crippen molar-refractivity contribution in [3.63, 3.8) is 0 Å². The van der Waals surface area contributed by atoms with Crippen LogP contribution in [-0.2, 0) is 4.74 Å². The van der Waals surface area contributed by atoms with Crippen molar-refractivity contribution in [2.24, 2.45) is 0 Å². The number of nitrogens with zero attached hydrogens (tertiary/aromatic N) is 5. The molecule has 3 heterocycles. The minimum Gasteiger partial charge on any atom is -0.447 e. The second-order valence-electron chi connectivity index (χ2n) is 7.04. The molecule has 10 heteroatoms. The maximum atomic E-state index is 12.1. The number of carbonyl (C=O) groups excluding carboxylic acids is 1. The van der Waals surface area contributed by atoms with Crippen LogP contribution >= 0.6 is 11.6 Å². The van der Waals surface area contributed by atoms with E-state index in [4.69, 9.17) is 16.3 Å². The van der Waals surface area contributed by atoms with Gasteiger partial charge in [0.05, 0.1) is 24.2 Å². The Morgan fingerprint density at radius 2 is 2.00 bits per heavy atom. The van der Waals surface area contributed by atoms with Crippen LogP contribution in [0.4, 0.5) is 16.6 Å². The maximum absolute atomic E-state index is 12.1. The Morgan fingerprint density at radius 1 is 1.23 bits per heavy atom. The van der Waals surface area contributed by atoms with Gasteiger partial charge in [0, 0.05) is 23.1 Å². The van der Waals surface area contributed by atoms with Gasteiger partial charge in [0.2, 0.25) is 5.95 Å². The number of benzene rings is 1. The molecule has 1 aliphatic rings. The molecule has 30 heavy (non-hydrogen) atoms. The molecule has 1 saturated heterocycles. The lowest BCUT2D eigenvalue weighted by Crippen LogP contribution is -2.41. The Balaban J connectivity index is 1.50. The number of anilines is 2. The average Bonchev–Trinajstić information content (AvgIpc) is 3.36. The Bertz CT molecular complexity index is 1040. The van der Waals surface area contributed by atoms with Crippen molar-refractivity contribution in [1.82, 2.24) is 19.5 Å². The molecule has 2 aromatic heterocycles. The normalized spacial score (nSPS) is 18.2. The summed E-state index contributed by atoms with van der Waals surface area (Å²) in [5, 5.41) is 13.8. The van der Waals surface area contributed by atoms with Crippen molar-refractivity contribution in [3.8, 4) is 5.69 Å². The lowest BCUT2D eigenvalue weighted by molar-refractivity contribution is 0.142. The number of aliphatic hydroxyl groups excluding tert-OH is 1. The van der Waals surface area contributed by atoms with Crippen LogP contribution in [0.15, 0.2) is 49.1 Å². The van der Waals surface area contributed by atoms with E-state index in [0.29, 0.717) is 16.8 Å². The van der Waals surface area contributed by atoms with Crippen LogP contribution in [0.2, 0.25) is 5.02 Å². The number of amides is 1. The number of imidazole rings is 1. The van der Waals surface area contributed by atoms with Gasteiger partial charge >= 0.3 is 6.09 Å². The molecule has 1 unspecified atom stereocenters. The van der Waals surface area contributed by atoms with Gasteiger partial charge in [-0.15, -0.1) is 0 Å². The zero-order valence-electron chi connectivity index (χ0n) is 16.4. The first-order valence-corrected chi connectivity index (χ1v) is 9.83. The summed E-state index contributed by atoms with van der Waals surface area (Å²) in [6.45, 7) is 3.66. The summed E-state index contributed by atoms with van der Waals surface area (Å²) in [5.74, 6) is 0.699. The van der Waals surface area contributed by atoms with Gasteiger partial charge in [-0.1, -0.05) is 11.6 Å². The number of ether oxygens (including phenoxy) is 1. The van der Waals surface area contributed by atoms with Crippen LogP contribution in [0.5, 0.6) is 0 Å². The van der Waals surface area contributed by atoms with Crippen LogP contribution in [0.1, 0.15) is 25.6 Å². The van der Waals surface area contributed by atoms with Crippen LogP contribution in [0.25, 0.3) is 5.69 Å². The van der Waals surface area contributed by atoms with E-state index in [2.05, 4.69) is 20.3 Å². The molecule has 0 bridgehead atoms. The SMILES string of the molecule is C[C@H](Nc1nccc(N2C(=O)OCC2[C@@H](C)O)n1)c1cn(-c2ccc(Cl)cc2)cn1. The number of cyclic esters (lactones) is 1. The Hall–Kier alpha value is -3.17. The Morgan fingerprint density at radius 3 is 2.73 bits per heavy atom. The molecule has 3 atom stereocenters. The van der Waals surface area contributed by atoms with Gasteiger partial charge < -0.3 is 19.7 Å². The molecular weight excluding hydrogens is 408 g/mol. The van der Waals surface area contributed by atoms with E-state index in [9.17, 15) is 9.90 Å². The van der Waals surface area contributed by atoms with Crippen molar-refractivity contribution in [1.29, 1.82) is 0 Å². The number of carbonyl (C=O) groups is 1. The molecule has 0 spiro atoms. The second kappa shape index (κ2) is 8.29. The number of halogens is 1. The van der Waals surface area contributed by atoms with Gasteiger partial charge in [-0.2, -0.15) is 4.98 Å². The molecule has 2 N–H and O–H groups in total. The molecule has 1 aliphatic heterocycles. The fraction of sp³-hybridized carbons (Fsp3) is 0.300. The lowest BCUT2D eigenvalue weighted by atomic mass is 10.2. The molecule has 1 amide bonds. The maximum Gasteiger partial charge on any atom is 0.416 e. The molecule has 1 aromatic carbocycles. The number of hydrogen-bond donors (Lipinski definition) is 2. The molecule has 4 rings (SSSR count). The van der Waals surface area contributed by atoms with Crippen LogP contribution in [0.3, 0.4) is 0 Å². The van der Waals surface area contributed by atoms with E-state index < -0.39 is 18.2 Å².